The summed E-state index contributed by atoms with van der Waals surface area (Å²) in [4.78, 5) is 17.3. The SMILES string of the molecule is COc1cccc(-n2cnc3ncc(C4(S(N)(=O)=O)C=CC=CN4c4c(OC)cccc4OC)nc32)n1. The summed E-state index contributed by atoms with van der Waals surface area (Å²) in [7, 11) is 0.0470. The Balaban J connectivity index is 1.78. The molecule has 190 valence electrons. The third kappa shape index (κ3) is 3.84. The van der Waals surface area contributed by atoms with Gasteiger partial charge in [0.1, 0.15) is 35.0 Å². The van der Waals surface area contributed by atoms with Crippen molar-refractivity contribution in [2.24, 2.45) is 5.14 Å². The second-order valence-corrected chi connectivity index (χ2v) is 9.59. The van der Waals surface area contributed by atoms with Crippen LogP contribution < -0.4 is 24.2 Å². The maximum absolute atomic E-state index is 13.5. The van der Waals surface area contributed by atoms with Gasteiger partial charge in [-0.25, -0.2) is 28.5 Å². The molecule has 1 aliphatic heterocycles. The Morgan fingerprint density at radius 2 is 1.65 bits per heavy atom. The molecule has 1 aromatic carbocycles. The summed E-state index contributed by atoms with van der Waals surface area (Å²) in [5.41, 5.74) is 0.929. The maximum atomic E-state index is 13.5. The number of sulfonamides is 1. The molecule has 0 spiro atoms. The van der Waals surface area contributed by atoms with E-state index in [4.69, 9.17) is 24.3 Å². The molecule has 0 radical (unpaired) electrons. The van der Waals surface area contributed by atoms with Gasteiger partial charge in [-0.3, -0.25) is 4.57 Å². The number of nitrogens with zero attached hydrogens (tertiary/aromatic N) is 6. The monoisotopic (exact) mass is 521 g/mol. The number of methoxy groups -OCH3 is 3. The molecule has 1 unspecified atom stereocenters. The number of primary sulfonamides is 1. The van der Waals surface area contributed by atoms with Gasteiger partial charge in [-0.1, -0.05) is 18.2 Å². The molecule has 1 atom stereocenters. The molecule has 0 saturated heterocycles. The smallest absolute Gasteiger partial charge is 0.243 e. The van der Waals surface area contributed by atoms with E-state index in [2.05, 4.69) is 15.0 Å². The van der Waals surface area contributed by atoms with Crippen LogP contribution in [0.3, 0.4) is 0 Å². The van der Waals surface area contributed by atoms with Crippen LogP contribution >= 0.6 is 0 Å². The minimum atomic E-state index is -4.42. The summed E-state index contributed by atoms with van der Waals surface area (Å²) in [6, 6.07) is 10.3. The Morgan fingerprint density at radius 3 is 2.32 bits per heavy atom. The Labute approximate surface area is 212 Å². The van der Waals surface area contributed by atoms with Gasteiger partial charge in [-0.15, -0.1) is 0 Å². The highest BCUT2D eigenvalue weighted by Crippen LogP contribution is 2.47. The fraction of sp³-hybridized carbons (Fsp3) is 0.167. The molecular weight excluding hydrogens is 498 g/mol. The van der Waals surface area contributed by atoms with Gasteiger partial charge in [0.15, 0.2) is 11.3 Å². The number of hydrogen-bond acceptors (Lipinski definition) is 10. The summed E-state index contributed by atoms with van der Waals surface area (Å²) in [5.74, 6) is 1.58. The highest BCUT2D eigenvalue weighted by atomic mass is 32.2. The maximum Gasteiger partial charge on any atom is 0.243 e. The number of anilines is 1. The lowest BCUT2D eigenvalue weighted by Crippen LogP contribution is -2.53. The molecule has 13 heteroatoms. The van der Waals surface area contributed by atoms with E-state index >= 15 is 0 Å². The molecule has 0 fully saturated rings. The van der Waals surface area contributed by atoms with Crippen LogP contribution in [0.25, 0.3) is 17.1 Å². The van der Waals surface area contributed by atoms with Gasteiger partial charge in [0.25, 0.3) is 0 Å². The van der Waals surface area contributed by atoms with Gasteiger partial charge in [0.05, 0.1) is 27.5 Å². The van der Waals surface area contributed by atoms with Gasteiger partial charge < -0.3 is 19.1 Å². The highest BCUT2D eigenvalue weighted by molar-refractivity contribution is 7.90. The summed E-state index contributed by atoms with van der Waals surface area (Å²) >= 11 is 0. The molecule has 2 N–H and O–H groups in total. The van der Waals surface area contributed by atoms with Crippen LogP contribution in [0.5, 0.6) is 17.4 Å². The number of pyridine rings is 1. The van der Waals surface area contributed by atoms with E-state index in [0.717, 1.165) is 0 Å². The number of aromatic nitrogens is 5. The lowest BCUT2D eigenvalue weighted by molar-refractivity contribution is 0.393. The molecule has 3 aromatic heterocycles. The zero-order chi connectivity index (χ0) is 26.2. The van der Waals surface area contributed by atoms with E-state index in [0.29, 0.717) is 28.9 Å². The van der Waals surface area contributed by atoms with Crippen molar-refractivity contribution in [3.63, 3.8) is 0 Å². The van der Waals surface area contributed by atoms with Crippen LogP contribution in [-0.2, 0) is 14.9 Å². The Morgan fingerprint density at radius 1 is 0.919 bits per heavy atom. The normalized spacial score (nSPS) is 17.2. The Hall–Kier alpha value is -4.49. The van der Waals surface area contributed by atoms with Gasteiger partial charge in [0, 0.05) is 12.3 Å². The summed E-state index contributed by atoms with van der Waals surface area (Å²) in [6.45, 7) is 0. The van der Waals surface area contributed by atoms with Crippen molar-refractivity contribution < 1.29 is 22.6 Å². The quantitative estimate of drug-likeness (QED) is 0.384. The number of fused-ring (bicyclic) bond motifs is 1. The van der Waals surface area contributed by atoms with E-state index in [1.165, 1.54) is 44.8 Å². The number of allylic oxidation sites excluding steroid dienone is 2. The molecule has 0 aliphatic carbocycles. The molecule has 37 heavy (non-hydrogen) atoms. The van der Waals surface area contributed by atoms with Gasteiger partial charge >= 0.3 is 0 Å². The molecule has 0 amide bonds. The molecule has 4 heterocycles. The minimum Gasteiger partial charge on any atom is -0.494 e. The highest BCUT2D eigenvalue weighted by Gasteiger charge is 2.50. The van der Waals surface area contributed by atoms with Crippen molar-refractivity contribution in [1.82, 2.24) is 24.5 Å². The summed E-state index contributed by atoms with van der Waals surface area (Å²) in [5, 5.41) is 5.94. The van der Waals surface area contributed by atoms with Crippen molar-refractivity contribution in [2.45, 2.75) is 4.87 Å². The van der Waals surface area contributed by atoms with Crippen LogP contribution in [0, 0.1) is 0 Å². The van der Waals surface area contributed by atoms with Crippen LogP contribution in [0.2, 0.25) is 0 Å². The van der Waals surface area contributed by atoms with Crippen molar-refractivity contribution in [3.05, 3.63) is 79.0 Å². The van der Waals surface area contributed by atoms with Crippen molar-refractivity contribution in [3.8, 4) is 23.2 Å². The van der Waals surface area contributed by atoms with Crippen molar-refractivity contribution in [1.29, 1.82) is 0 Å². The average molecular weight is 522 g/mol. The number of benzene rings is 1. The molecule has 1 aliphatic rings. The predicted molar refractivity (Wildman–Crippen MR) is 136 cm³/mol. The zero-order valence-electron chi connectivity index (χ0n) is 20.1. The molecule has 4 aromatic rings. The number of ether oxygens (including phenoxy) is 3. The largest absolute Gasteiger partial charge is 0.494 e. The number of hydrogen-bond donors (Lipinski definition) is 1. The molecule has 12 nitrogen and oxygen atoms in total. The lowest BCUT2D eigenvalue weighted by Gasteiger charge is -2.40. The number of rotatable bonds is 7. The fourth-order valence-corrected chi connectivity index (χ4v) is 5.28. The average Bonchev–Trinajstić information content (AvgIpc) is 3.35. The molecular formula is C24H23N7O5S. The second-order valence-electron chi connectivity index (χ2n) is 7.88. The summed E-state index contributed by atoms with van der Waals surface area (Å²) in [6.07, 6.45) is 9.09. The molecule has 5 rings (SSSR count). The lowest BCUT2D eigenvalue weighted by atomic mass is 10.1. The standard InChI is InChI=1S/C24H23N7O5S/c1-34-16-8-6-9-17(35-2)21(16)31-13-5-4-12-24(31,37(25,32)33)18-14-26-22-23(28-18)30(15-27-22)19-10-7-11-20(29-19)36-3/h4-15H,1-3H3,(H2,25,32,33). The first-order valence-electron chi connectivity index (χ1n) is 10.9. The third-order valence-electron chi connectivity index (χ3n) is 5.89. The third-order valence-corrected chi connectivity index (χ3v) is 7.30. The minimum absolute atomic E-state index is 0.0284. The number of imidazole rings is 1. The molecule has 0 saturated carbocycles. The van der Waals surface area contributed by atoms with Crippen molar-refractivity contribution >= 4 is 27.0 Å². The van der Waals surface area contributed by atoms with Crippen LogP contribution in [0.1, 0.15) is 5.69 Å². The Bertz CT molecular complexity index is 1630. The first-order chi connectivity index (χ1) is 17.8. The second kappa shape index (κ2) is 9.19. The van der Waals surface area contributed by atoms with Crippen molar-refractivity contribution in [2.75, 3.05) is 26.2 Å². The molecule has 0 bridgehead atoms. The Kier molecular flexibility index (Phi) is 6.01. The first-order valence-corrected chi connectivity index (χ1v) is 12.5. The van der Waals surface area contributed by atoms with E-state index in [9.17, 15) is 8.42 Å². The number of nitrogens with two attached hydrogens (primary N) is 1. The van der Waals surface area contributed by atoms with E-state index in [1.54, 1.807) is 59.3 Å². The predicted octanol–water partition coefficient (Wildman–Crippen LogP) is 2.27. The van der Waals surface area contributed by atoms with Gasteiger partial charge in [-0.2, -0.15) is 4.98 Å². The fourth-order valence-electron chi connectivity index (χ4n) is 4.19. The first kappa shape index (κ1) is 24.2. The van der Waals surface area contributed by atoms with E-state index in [1.807, 2.05) is 0 Å². The van der Waals surface area contributed by atoms with E-state index in [-0.39, 0.29) is 17.0 Å². The van der Waals surface area contributed by atoms with Crippen LogP contribution in [0.4, 0.5) is 5.69 Å². The van der Waals surface area contributed by atoms with Crippen LogP contribution in [0.15, 0.2) is 73.4 Å². The zero-order valence-corrected chi connectivity index (χ0v) is 21.0. The van der Waals surface area contributed by atoms with Gasteiger partial charge in [-0.05, 0) is 30.4 Å². The summed E-state index contributed by atoms with van der Waals surface area (Å²) < 4.78 is 44.8. The number of para-hydroxylation sites is 1. The van der Waals surface area contributed by atoms with Crippen LogP contribution in [-0.4, -0.2) is 54.3 Å². The topological polar surface area (TPSA) is 148 Å². The van der Waals surface area contributed by atoms with E-state index < -0.39 is 14.9 Å². The van der Waals surface area contributed by atoms with Gasteiger partial charge in [0.2, 0.25) is 20.8 Å².